The van der Waals surface area contributed by atoms with Crippen LogP contribution in [0.25, 0.3) is 0 Å². The summed E-state index contributed by atoms with van der Waals surface area (Å²) >= 11 is 0. The van der Waals surface area contributed by atoms with Crippen LogP contribution < -0.4 is 14.2 Å². The first kappa shape index (κ1) is 26.3. The van der Waals surface area contributed by atoms with Crippen LogP contribution in [0.2, 0.25) is 0 Å². The molecule has 2 amide bonds. The van der Waals surface area contributed by atoms with E-state index < -0.39 is 12.1 Å². The molecule has 2 aliphatic heterocycles. The molecule has 10 nitrogen and oxygen atoms in total. The van der Waals surface area contributed by atoms with E-state index in [2.05, 4.69) is 16.8 Å². The molecule has 0 bridgehead atoms. The standard InChI is InChI=1S/C27H31N3O7/c1-17-13-30(18(2)15-31)27(33)21-10-19(6-5-9-34-4)12-28-25(21)37-24(17)14-29(3)26(32)20-7-8-22-23(11-20)36-16-35-22/h7-8,10-12,17-18,24,31H,9,13-16H2,1-4H3/t17-,18+,24+/m0/s1. The number of pyridine rings is 1. The molecular weight excluding hydrogens is 478 g/mol. The van der Waals surface area contributed by atoms with Crippen molar-refractivity contribution in [2.24, 2.45) is 5.92 Å². The van der Waals surface area contributed by atoms with Gasteiger partial charge >= 0.3 is 0 Å². The highest BCUT2D eigenvalue weighted by Gasteiger charge is 2.35. The molecule has 0 unspecified atom stereocenters. The number of amides is 2. The van der Waals surface area contributed by atoms with Crippen molar-refractivity contribution in [2.75, 3.05) is 47.3 Å². The number of carbonyl (C=O) groups excluding carboxylic acids is 2. The van der Waals surface area contributed by atoms with Crippen molar-refractivity contribution in [3.8, 4) is 29.2 Å². The summed E-state index contributed by atoms with van der Waals surface area (Å²) in [6.07, 6.45) is 1.07. The zero-order chi connectivity index (χ0) is 26.5. The third kappa shape index (κ3) is 5.79. The molecule has 0 fully saturated rings. The number of fused-ring (bicyclic) bond motifs is 2. The Labute approximate surface area is 216 Å². The van der Waals surface area contributed by atoms with E-state index in [4.69, 9.17) is 18.9 Å². The van der Waals surface area contributed by atoms with E-state index in [0.717, 1.165) is 0 Å². The summed E-state index contributed by atoms with van der Waals surface area (Å²) in [4.78, 5) is 34.3. The van der Waals surface area contributed by atoms with E-state index in [1.165, 1.54) is 0 Å². The molecule has 1 aromatic carbocycles. The number of aliphatic hydroxyl groups excluding tert-OH is 1. The van der Waals surface area contributed by atoms with Gasteiger partial charge in [-0.15, -0.1) is 0 Å². The van der Waals surface area contributed by atoms with Gasteiger partial charge in [0.25, 0.3) is 11.8 Å². The molecule has 1 aromatic heterocycles. The van der Waals surface area contributed by atoms with E-state index in [1.54, 1.807) is 61.3 Å². The largest absolute Gasteiger partial charge is 0.472 e. The number of benzene rings is 1. The Bertz CT molecular complexity index is 1220. The second-order valence-electron chi connectivity index (χ2n) is 9.19. The highest BCUT2D eigenvalue weighted by molar-refractivity contribution is 5.97. The van der Waals surface area contributed by atoms with Crippen molar-refractivity contribution in [2.45, 2.75) is 26.0 Å². The molecule has 0 spiro atoms. The van der Waals surface area contributed by atoms with Crippen LogP contribution in [0.5, 0.6) is 17.4 Å². The Morgan fingerprint density at radius 3 is 2.86 bits per heavy atom. The Balaban J connectivity index is 1.61. The number of rotatable bonds is 6. The molecule has 0 saturated carbocycles. The number of nitrogens with zero attached hydrogens (tertiary/aromatic N) is 3. The molecule has 0 saturated heterocycles. The fourth-order valence-corrected chi connectivity index (χ4v) is 4.20. The first-order valence-electron chi connectivity index (χ1n) is 12.0. The number of methoxy groups -OCH3 is 1. The molecule has 37 heavy (non-hydrogen) atoms. The summed E-state index contributed by atoms with van der Waals surface area (Å²) < 4.78 is 22.0. The van der Waals surface area contributed by atoms with E-state index in [0.29, 0.717) is 29.2 Å². The molecule has 0 aliphatic carbocycles. The van der Waals surface area contributed by atoms with Gasteiger partial charge in [0.15, 0.2) is 11.5 Å². The average molecular weight is 510 g/mol. The maximum atomic E-state index is 13.5. The molecular formula is C27H31N3O7. The lowest BCUT2D eigenvalue weighted by atomic mass is 9.99. The summed E-state index contributed by atoms with van der Waals surface area (Å²) in [5.74, 6) is 6.42. The monoisotopic (exact) mass is 509 g/mol. The topological polar surface area (TPSA) is 111 Å². The minimum atomic E-state index is -0.471. The summed E-state index contributed by atoms with van der Waals surface area (Å²) in [6.45, 7) is 4.50. The maximum absolute atomic E-state index is 13.5. The van der Waals surface area contributed by atoms with Gasteiger partial charge in [-0.1, -0.05) is 18.8 Å². The van der Waals surface area contributed by atoms with Crippen molar-refractivity contribution in [1.29, 1.82) is 0 Å². The normalized spacial score (nSPS) is 19.1. The molecule has 196 valence electrons. The highest BCUT2D eigenvalue weighted by Crippen LogP contribution is 2.33. The number of likely N-dealkylation sites (N-methyl/N-ethyl adjacent to an activating group) is 1. The van der Waals surface area contributed by atoms with Gasteiger partial charge in [0, 0.05) is 43.9 Å². The van der Waals surface area contributed by atoms with E-state index in [9.17, 15) is 14.7 Å². The summed E-state index contributed by atoms with van der Waals surface area (Å²) in [5.41, 5.74) is 1.27. The third-order valence-corrected chi connectivity index (χ3v) is 6.39. The van der Waals surface area contributed by atoms with Crippen LogP contribution in [0, 0.1) is 17.8 Å². The number of hydrogen-bond acceptors (Lipinski definition) is 8. The van der Waals surface area contributed by atoms with Crippen LogP contribution in [0.3, 0.4) is 0 Å². The molecule has 3 atom stereocenters. The van der Waals surface area contributed by atoms with Crippen LogP contribution in [-0.2, 0) is 4.74 Å². The van der Waals surface area contributed by atoms with Crippen LogP contribution in [0.15, 0.2) is 30.5 Å². The minimum absolute atomic E-state index is 0.129. The van der Waals surface area contributed by atoms with Gasteiger partial charge in [-0.25, -0.2) is 4.98 Å². The van der Waals surface area contributed by atoms with Crippen LogP contribution in [0.1, 0.15) is 40.1 Å². The lowest BCUT2D eigenvalue weighted by Gasteiger charge is -2.37. The van der Waals surface area contributed by atoms with Crippen molar-refractivity contribution < 1.29 is 33.6 Å². The number of aliphatic hydroxyl groups is 1. The maximum Gasteiger partial charge on any atom is 0.259 e. The van der Waals surface area contributed by atoms with Gasteiger partial charge in [0.2, 0.25) is 12.7 Å². The molecule has 4 rings (SSSR count). The predicted molar refractivity (Wildman–Crippen MR) is 134 cm³/mol. The second kappa shape index (κ2) is 11.5. The zero-order valence-corrected chi connectivity index (χ0v) is 21.4. The van der Waals surface area contributed by atoms with Gasteiger partial charge in [-0.3, -0.25) is 9.59 Å². The lowest BCUT2D eigenvalue weighted by molar-refractivity contribution is 0.0313. The molecule has 2 aliphatic rings. The highest BCUT2D eigenvalue weighted by atomic mass is 16.7. The fourth-order valence-electron chi connectivity index (χ4n) is 4.20. The van der Waals surface area contributed by atoms with Gasteiger partial charge in [-0.2, -0.15) is 0 Å². The summed E-state index contributed by atoms with van der Waals surface area (Å²) in [6, 6.07) is 6.29. The number of aromatic nitrogens is 1. The first-order chi connectivity index (χ1) is 17.8. The zero-order valence-electron chi connectivity index (χ0n) is 21.4. The molecule has 10 heteroatoms. The van der Waals surface area contributed by atoms with Crippen LogP contribution in [0.4, 0.5) is 0 Å². The quantitative estimate of drug-likeness (QED) is 0.587. The van der Waals surface area contributed by atoms with Crippen molar-refractivity contribution in [3.05, 3.63) is 47.2 Å². The lowest BCUT2D eigenvalue weighted by Crippen LogP contribution is -2.50. The minimum Gasteiger partial charge on any atom is -0.472 e. The first-order valence-corrected chi connectivity index (χ1v) is 12.0. The SMILES string of the molecule is COCC#Cc1cnc2c(c1)C(=O)N([C@H](C)CO)C[C@H](C)[C@@H](CN(C)C(=O)c1ccc3c(c1)OCO3)O2. The predicted octanol–water partition coefficient (Wildman–Crippen LogP) is 1.80. The summed E-state index contributed by atoms with van der Waals surface area (Å²) in [7, 11) is 3.25. The fraction of sp³-hybridized carbons (Fsp3) is 0.444. The summed E-state index contributed by atoms with van der Waals surface area (Å²) in [5, 5.41) is 9.83. The molecule has 2 aromatic rings. The van der Waals surface area contributed by atoms with Gasteiger partial charge < -0.3 is 33.9 Å². The Hall–Kier alpha value is -3.81. The van der Waals surface area contributed by atoms with Gasteiger partial charge in [0.05, 0.1) is 19.2 Å². The number of ether oxygens (including phenoxy) is 4. The number of hydrogen-bond donors (Lipinski definition) is 1. The average Bonchev–Trinajstić information content (AvgIpc) is 3.38. The van der Waals surface area contributed by atoms with Crippen LogP contribution >= 0.6 is 0 Å². The Kier molecular flexibility index (Phi) is 8.16. The van der Waals surface area contributed by atoms with E-state index >= 15 is 0 Å². The molecule has 3 heterocycles. The van der Waals surface area contributed by atoms with E-state index in [1.807, 2.05) is 6.92 Å². The molecule has 0 radical (unpaired) electrons. The second-order valence-corrected chi connectivity index (χ2v) is 9.19. The van der Waals surface area contributed by atoms with Crippen molar-refractivity contribution in [1.82, 2.24) is 14.8 Å². The smallest absolute Gasteiger partial charge is 0.259 e. The Morgan fingerprint density at radius 2 is 2.11 bits per heavy atom. The number of carbonyl (C=O) groups is 2. The van der Waals surface area contributed by atoms with E-state index in [-0.39, 0.29) is 55.7 Å². The van der Waals surface area contributed by atoms with Crippen molar-refractivity contribution >= 4 is 11.8 Å². The van der Waals surface area contributed by atoms with Gasteiger partial charge in [0.1, 0.15) is 18.3 Å². The van der Waals surface area contributed by atoms with Crippen LogP contribution in [-0.4, -0.2) is 91.1 Å². The Morgan fingerprint density at radius 1 is 1.32 bits per heavy atom. The van der Waals surface area contributed by atoms with Gasteiger partial charge in [-0.05, 0) is 31.2 Å². The van der Waals surface area contributed by atoms with Crippen molar-refractivity contribution in [3.63, 3.8) is 0 Å². The molecule has 1 N–H and O–H groups in total. The third-order valence-electron chi connectivity index (χ3n) is 6.39.